The highest BCUT2D eigenvalue weighted by molar-refractivity contribution is 4.96. The second-order valence-corrected chi connectivity index (χ2v) is 10.4. The van der Waals surface area contributed by atoms with Gasteiger partial charge < -0.3 is 0 Å². The van der Waals surface area contributed by atoms with Gasteiger partial charge in [0, 0.05) is 0 Å². The minimum Gasteiger partial charge on any atom is -0.0999 e. The van der Waals surface area contributed by atoms with Gasteiger partial charge in [-0.15, -0.1) is 0 Å². The van der Waals surface area contributed by atoms with Crippen molar-refractivity contribution >= 4 is 0 Å². The van der Waals surface area contributed by atoms with Gasteiger partial charge in [0.2, 0.25) is 0 Å². The maximum absolute atomic E-state index is 4.05. The molecule has 1 aliphatic carbocycles. The van der Waals surface area contributed by atoms with Gasteiger partial charge in [0.05, 0.1) is 0 Å². The van der Waals surface area contributed by atoms with E-state index in [0.29, 0.717) is 0 Å². The van der Waals surface area contributed by atoms with Gasteiger partial charge in [0.1, 0.15) is 0 Å². The van der Waals surface area contributed by atoms with Gasteiger partial charge in [-0.25, -0.2) is 0 Å². The van der Waals surface area contributed by atoms with Gasteiger partial charge in [0.25, 0.3) is 0 Å². The summed E-state index contributed by atoms with van der Waals surface area (Å²) in [7, 11) is 0. The van der Waals surface area contributed by atoms with E-state index in [1.54, 1.807) is 5.57 Å². The van der Waals surface area contributed by atoms with Crippen LogP contribution in [-0.2, 0) is 0 Å². The van der Waals surface area contributed by atoms with Crippen LogP contribution in [0.3, 0.4) is 0 Å². The fraction of sp³-hybridized carbons (Fsp3) is 0.886. The molecule has 1 aliphatic rings. The van der Waals surface area contributed by atoms with E-state index in [1.165, 1.54) is 102 Å². The van der Waals surface area contributed by atoms with E-state index in [9.17, 15) is 0 Å². The van der Waals surface area contributed by atoms with Crippen LogP contribution in [0.5, 0.6) is 0 Å². The molecule has 0 heterocycles. The molecule has 0 amide bonds. The standard InChI is InChI=1S/C17H32.C7H14.C4H10.C3H8.2C2H6/c1-5-13-17(4)15-12-10-8-7-9-11-14-16(3)6-2;1-7-5-3-2-4-6-7;1-4(2)3;1-3-2;2*1-2/h13H,3,5-12,14-15H2,1-2,4H3;7H,2-6H2,1H3;4H,1-3H3;3H2,1-2H3;2*1-2H3/b17-13+;;;;;. The fourth-order valence-electron chi connectivity index (χ4n) is 3.42. The second-order valence-electron chi connectivity index (χ2n) is 10.4. The molecule has 0 bridgehead atoms. The van der Waals surface area contributed by atoms with E-state index in [4.69, 9.17) is 0 Å². The summed E-state index contributed by atoms with van der Waals surface area (Å²) in [6.45, 7) is 31.8. The van der Waals surface area contributed by atoms with E-state index >= 15 is 0 Å². The lowest BCUT2D eigenvalue weighted by molar-refractivity contribution is 0.385. The fourth-order valence-corrected chi connectivity index (χ4v) is 3.42. The number of allylic oxidation sites excluding steroid dienone is 3. The van der Waals surface area contributed by atoms with Crippen LogP contribution >= 0.6 is 0 Å². The Morgan fingerprint density at radius 3 is 1.43 bits per heavy atom. The van der Waals surface area contributed by atoms with Crippen molar-refractivity contribution in [3.8, 4) is 0 Å². The summed E-state index contributed by atoms with van der Waals surface area (Å²) in [5.74, 6) is 1.87. The Hall–Kier alpha value is -0.520. The molecular weight excluding hydrogens is 420 g/mol. The summed E-state index contributed by atoms with van der Waals surface area (Å²) < 4.78 is 0. The first-order valence-corrected chi connectivity index (χ1v) is 16.1. The lowest BCUT2D eigenvalue weighted by Gasteiger charge is -2.15. The number of unbranched alkanes of at least 4 members (excludes halogenated alkanes) is 5. The first-order valence-electron chi connectivity index (χ1n) is 16.1. The molecule has 0 atom stereocenters. The molecule has 0 aromatic heterocycles. The molecule has 1 fully saturated rings. The summed E-state index contributed by atoms with van der Waals surface area (Å²) in [6.07, 6.45) is 24.3. The van der Waals surface area contributed by atoms with Crippen LogP contribution in [0.25, 0.3) is 0 Å². The highest BCUT2D eigenvalue weighted by atomic mass is 14.1. The average molecular weight is 497 g/mol. The number of hydrogen-bond donors (Lipinski definition) is 0. The maximum Gasteiger partial charge on any atom is -0.0323 e. The Labute approximate surface area is 228 Å². The minimum atomic E-state index is 0.833. The zero-order chi connectivity index (χ0) is 28.3. The molecule has 0 heteroatoms. The van der Waals surface area contributed by atoms with Gasteiger partial charge in [-0.2, -0.15) is 0 Å². The topological polar surface area (TPSA) is 0 Å². The molecule has 0 nitrogen and oxygen atoms in total. The van der Waals surface area contributed by atoms with Crippen LogP contribution in [0.1, 0.15) is 193 Å². The van der Waals surface area contributed by atoms with E-state index in [-0.39, 0.29) is 0 Å². The van der Waals surface area contributed by atoms with Crippen molar-refractivity contribution in [3.05, 3.63) is 23.8 Å². The molecule has 0 unspecified atom stereocenters. The predicted molar refractivity (Wildman–Crippen MR) is 172 cm³/mol. The Bertz CT molecular complexity index is 351. The van der Waals surface area contributed by atoms with Crippen LogP contribution in [0.4, 0.5) is 0 Å². The first kappa shape index (κ1) is 44.5. The van der Waals surface area contributed by atoms with Crippen LogP contribution < -0.4 is 0 Å². The molecule has 0 aliphatic heterocycles. The molecule has 216 valence electrons. The smallest absolute Gasteiger partial charge is 0.0323 e. The molecule has 0 N–H and O–H groups in total. The van der Waals surface area contributed by atoms with Crippen molar-refractivity contribution < 1.29 is 0 Å². The summed E-state index contributed by atoms with van der Waals surface area (Å²) in [5.41, 5.74) is 3.00. The maximum atomic E-state index is 4.05. The minimum absolute atomic E-state index is 0.833. The summed E-state index contributed by atoms with van der Waals surface area (Å²) in [4.78, 5) is 0. The van der Waals surface area contributed by atoms with E-state index in [0.717, 1.165) is 18.3 Å². The quantitative estimate of drug-likeness (QED) is 0.197. The molecule has 0 radical (unpaired) electrons. The van der Waals surface area contributed by atoms with E-state index in [1.807, 2.05) is 27.7 Å². The highest BCUT2D eigenvalue weighted by Gasteiger charge is 2.06. The van der Waals surface area contributed by atoms with Gasteiger partial charge >= 0.3 is 0 Å². The monoisotopic (exact) mass is 497 g/mol. The second kappa shape index (κ2) is 43.5. The normalized spacial score (nSPS) is 12.7. The lowest BCUT2D eigenvalue weighted by Crippen LogP contribution is -1.99. The van der Waals surface area contributed by atoms with Crippen molar-refractivity contribution in [2.75, 3.05) is 0 Å². The molecule has 0 spiro atoms. The van der Waals surface area contributed by atoms with Crippen LogP contribution in [0.15, 0.2) is 23.8 Å². The third kappa shape index (κ3) is 60.2. The first-order chi connectivity index (χ1) is 16.7. The van der Waals surface area contributed by atoms with E-state index in [2.05, 4.69) is 75.0 Å². The summed E-state index contributed by atoms with van der Waals surface area (Å²) in [6, 6.07) is 0. The summed E-state index contributed by atoms with van der Waals surface area (Å²) in [5, 5.41) is 0. The van der Waals surface area contributed by atoms with Crippen molar-refractivity contribution in [3.63, 3.8) is 0 Å². The summed E-state index contributed by atoms with van der Waals surface area (Å²) >= 11 is 0. The highest BCUT2D eigenvalue weighted by Crippen LogP contribution is 2.22. The zero-order valence-corrected chi connectivity index (χ0v) is 27.8. The van der Waals surface area contributed by atoms with Crippen molar-refractivity contribution in [2.45, 2.75) is 193 Å². The lowest BCUT2D eigenvalue weighted by atomic mass is 9.91. The zero-order valence-electron chi connectivity index (χ0n) is 27.8. The molecule has 35 heavy (non-hydrogen) atoms. The third-order valence-corrected chi connectivity index (χ3v) is 5.30. The van der Waals surface area contributed by atoms with Crippen LogP contribution in [0, 0.1) is 11.8 Å². The molecule has 0 saturated heterocycles. The Morgan fingerprint density at radius 2 is 1.11 bits per heavy atom. The Kier molecular flexibility index (Phi) is 55.3. The van der Waals surface area contributed by atoms with Crippen molar-refractivity contribution in [1.82, 2.24) is 0 Å². The molecule has 1 rings (SSSR count). The molecule has 0 aromatic carbocycles. The van der Waals surface area contributed by atoms with Gasteiger partial charge in [0.15, 0.2) is 0 Å². The Balaban J connectivity index is -0.000000136. The average Bonchev–Trinajstić information content (AvgIpc) is 2.84. The largest absolute Gasteiger partial charge is 0.0999 e. The van der Waals surface area contributed by atoms with Gasteiger partial charge in [-0.05, 0) is 57.3 Å². The molecular formula is C35H76. The van der Waals surface area contributed by atoms with Crippen molar-refractivity contribution in [1.29, 1.82) is 0 Å². The van der Waals surface area contributed by atoms with Crippen LogP contribution in [-0.4, -0.2) is 0 Å². The van der Waals surface area contributed by atoms with Crippen LogP contribution in [0.2, 0.25) is 0 Å². The molecule has 1 saturated carbocycles. The predicted octanol–water partition coefficient (Wildman–Crippen LogP) is 14.1. The SMILES string of the molecule is C=C(CC)CCCCCCCC/C(C)=C/CC.CC.CC.CC(C)C.CC1CCCCC1.CCC. The Morgan fingerprint density at radius 1 is 0.743 bits per heavy atom. The molecule has 0 aromatic rings. The van der Waals surface area contributed by atoms with Gasteiger partial charge in [-0.3, -0.25) is 0 Å². The van der Waals surface area contributed by atoms with E-state index < -0.39 is 0 Å². The van der Waals surface area contributed by atoms with Gasteiger partial charge in [-0.1, -0.05) is 171 Å². The number of hydrogen-bond acceptors (Lipinski definition) is 0. The third-order valence-electron chi connectivity index (χ3n) is 5.30. The van der Waals surface area contributed by atoms with Crippen molar-refractivity contribution in [2.24, 2.45) is 11.8 Å². The number of rotatable bonds is 11.